The van der Waals surface area contributed by atoms with Crippen LogP contribution in [0.4, 0.5) is 0 Å². The molecule has 0 saturated heterocycles. The lowest BCUT2D eigenvalue weighted by Crippen LogP contribution is -2.26. The number of nitrogens with zero attached hydrogens (tertiary/aromatic N) is 2. The van der Waals surface area contributed by atoms with E-state index in [0.29, 0.717) is 36.6 Å². The Morgan fingerprint density at radius 3 is 2.70 bits per heavy atom. The summed E-state index contributed by atoms with van der Waals surface area (Å²) < 4.78 is 12.6. The molecule has 0 aliphatic rings. The van der Waals surface area contributed by atoms with Crippen molar-refractivity contribution in [2.45, 2.75) is 13.0 Å². The number of ether oxygens (including phenoxy) is 2. The molecule has 1 amide bonds. The summed E-state index contributed by atoms with van der Waals surface area (Å²) in [4.78, 5) is 17.1. The largest absolute Gasteiger partial charge is 0.493 e. The lowest BCUT2D eigenvalue weighted by atomic mass is 10.2. The van der Waals surface area contributed by atoms with Crippen LogP contribution in [0.25, 0.3) is 11.0 Å². The van der Waals surface area contributed by atoms with Crippen LogP contribution in [-0.2, 0) is 13.0 Å². The molecule has 3 rings (SSSR count). The maximum atomic E-state index is 12.4. The van der Waals surface area contributed by atoms with Crippen LogP contribution >= 0.6 is 0 Å². The first-order valence-corrected chi connectivity index (χ1v) is 8.73. The van der Waals surface area contributed by atoms with Gasteiger partial charge in [-0.1, -0.05) is 18.2 Å². The topological polar surface area (TPSA) is 65.4 Å². The average Bonchev–Trinajstić information content (AvgIpc) is 3.05. The number of nitrogens with one attached hydrogen (secondary N) is 1. The second kappa shape index (κ2) is 8.40. The standard InChI is InChI=1S/C21H23N3O3/c1-4-13-24-17-8-6-5-7-16(17)23-20(24)11-12-22-21(25)15-9-10-18(26-2)19(14-15)27-3/h4-10,14H,1,11-13H2,2-3H3,(H,22,25). The van der Waals surface area contributed by atoms with E-state index in [0.717, 1.165) is 16.9 Å². The minimum Gasteiger partial charge on any atom is -0.493 e. The van der Waals surface area contributed by atoms with Gasteiger partial charge in [-0.3, -0.25) is 4.79 Å². The number of amides is 1. The zero-order chi connectivity index (χ0) is 19.2. The van der Waals surface area contributed by atoms with Crippen molar-refractivity contribution in [1.82, 2.24) is 14.9 Å². The van der Waals surface area contributed by atoms with Crippen molar-refractivity contribution in [1.29, 1.82) is 0 Å². The third-order valence-electron chi connectivity index (χ3n) is 4.33. The van der Waals surface area contributed by atoms with E-state index < -0.39 is 0 Å². The molecule has 1 heterocycles. The zero-order valence-electron chi connectivity index (χ0n) is 15.6. The van der Waals surface area contributed by atoms with Crippen molar-refractivity contribution in [2.24, 2.45) is 0 Å². The van der Waals surface area contributed by atoms with Crippen LogP contribution in [0, 0.1) is 0 Å². The highest BCUT2D eigenvalue weighted by Crippen LogP contribution is 2.27. The first-order valence-electron chi connectivity index (χ1n) is 8.73. The predicted molar refractivity (Wildman–Crippen MR) is 106 cm³/mol. The lowest BCUT2D eigenvalue weighted by molar-refractivity contribution is 0.0953. The number of imidazole rings is 1. The van der Waals surface area contributed by atoms with Crippen LogP contribution in [-0.4, -0.2) is 36.2 Å². The average molecular weight is 365 g/mol. The Balaban J connectivity index is 1.69. The number of aromatic nitrogens is 2. The van der Waals surface area contributed by atoms with Gasteiger partial charge >= 0.3 is 0 Å². The molecule has 6 heteroatoms. The number of benzene rings is 2. The SMILES string of the molecule is C=CCn1c(CCNC(=O)c2ccc(OC)c(OC)c2)nc2ccccc21. The van der Waals surface area contributed by atoms with Crippen molar-refractivity contribution >= 4 is 16.9 Å². The number of allylic oxidation sites excluding steroid dienone is 1. The molecule has 3 aromatic rings. The highest BCUT2D eigenvalue weighted by Gasteiger charge is 2.12. The number of rotatable bonds is 8. The van der Waals surface area contributed by atoms with E-state index in [1.54, 1.807) is 32.4 Å². The van der Waals surface area contributed by atoms with Crippen molar-refractivity contribution in [2.75, 3.05) is 20.8 Å². The van der Waals surface area contributed by atoms with Crippen LogP contribution in [0.1, 0.15) is 16.2 Å². The number of hydrogen-bond donors (Lipinski definition) is 1. The molecule has 0 spiro atoms. The molecule has 0 fully saturated rings. The monoisotopic (exact) mass is 365 g/mol. The quantitative estimate of drug-likeness (QED) is 0.623. The Morgan fingerprint density at radius 1 is 1.19 bits per heavy atom. The van der Waals surface area contributed by atoms with E-state index in [2.05, 4.69) is 21.4 Å². The highest BCUT2D eigenvalue weighted by atomic mass is 16.5. The van der Waals surface area contributed by atoms with E-state index >= 15 is 0 Å². The molecular formula is C21H23N3O3. The molecule has 0 bridgehead atoms. The second-order valence-corrected chi connectivity index (χ2v) is 5.99. The fourth-order valence-electron chi connectivity index (χ4n) is 3.02. The summed E-state index contributed by atoms with van der Waals surface area (Å²) in [6, 6.07) is 13.1. The van der Waals surface area contributed by atoms with Gasteiger partial charge in [0.1, 0.15) is 5.82 Å². The van der Waals surface area contributed by atoms with Gasteiger partial charge in [-0.2, -0.15) is 0 Å². The van der Waals surface area contributed by atoms with E-state index in [1.165, 1.54) is 0 Å². The number of carbonyl (C=O) groups excluding carboxylic acids is 1. The van der Waals surface area contributed by atoms with Crippen molar-refractivity contribution < 1.29 is 14.3 Å². The highest BCUT2D eigenvalue weighted by molar-refractivity contribution is 5.94. The van der Waals surface area contributed by atoms with Gasteiger partial charge in [0.15, 0.2) is 11.5 Å². The summed E-state index contributed by atoms with van der Waals surface area (Å²) in [5.74, 6) is 1.87. The van der Waals surface area contributed by atoms with Crippen LogP contribution in [0.2, 0.25) is 0 Å². The molecule has 0 aliphatic carbocycles. The molecule has 0 atom stereocenters. The smallest absolute Gasteiger partial charge is 0.251 e. The zero-order valence-corrected chi connectivity index (χ0v) is 15.6. The normalized spacial score (nSPS) is 10.6. The summed E-state index contributed by atoms with van der Waals surface area (Å²) in [5.41, 5.74) is 2.53. The Hall–Kier alpha value is -3.28. The molecule has 0 radical (unpaired) electrons. The Morgan fingerprint density at radius 2 is 1.96 bits per heavy atom. The van der Waals surface area contributed by atoms with Gasteiger partial charge < -0.3 is 19.4 Å². The molecule has 1 N–H and O–H groups in total. The molecular weight excluding hydrogens is 342 g/mol. The Labute approximate surface area is 158 Å². The van der Waals surface area contributed by atoms with E-state index in [9.17, 15) is 4.79 Å². The van der Waals surface area contributed by atoms with E-state index in [1.807, 2.05) is 30.3 Å². The van der Waals surface area contributed by atoms with E-state index in [-0.39, 0.29) is 5.91 Å². The van der Waals surface area contributed by atoms with Crippen LogP contribution in [0.5, 0.6) is 11.5 Å². The molecule has 0 aliphatic heterocycles. The number of methoxy groups -OCH3 is 2. The summed E-state index contributed by atoms with van der Waals surface area (Å²) >= 11 is 0. The molecule has 6 nitrogen and oxygen atoms in total. The molecule has 0 unspecified atom stereocenters. The Bertz CT molecular complexity index is 962. The molecule has 140 valence electrons. The van der Waals surface area contributed by atoms with Gasteiger partial charge in [-0.25, -0.2) is 4.98 Å². The lowest BCUT2D eigenvalue weighted by Gasteiger charge is -2.10. The Kier molecular flexibility index (Phi) is 5.76. The summed E-state index contributed by atoms with van der Waals surface area (Å²) in [6.07, 6.45) is 2.47. The minimum atomic E-state index is -0.165. The van der Waals surface area contributed by atoms with Gasteiger partial charge in [0.25, 0.3) is 5.91 Å². The number of para-hydroxylation sites is 2. The maximum Gasteiger partial charge on any atom is 0.251 e. The van der Waals surface area contributed by atoms with Crippen molar-refractivity contribution in [3.63, 3.8) is 0 Å². The van der Waals surface area contributed by atoms with Gasteiger partial charge in [-0.15, -0.1) is 6.58 Å². The van der Waals surface area contributed by atoms with Gasteiger partial charge in [0.05, 0.1) is 25.3 Å². The predicted octanol–water partition coefficient (Wildman–Crippen LogP) is 3.21. The third-order valence-corrected chi connectivity index (χ3v) is 4.33. The second-order valence-electron chi connectivity index (χ2n) is 5.99. The number of fused-ring (bicyclic) bond motifs is 1. The van der Waals surface area contributed by atoms with Gasteiger partial charge in [0, 0.05) is 25.1 Å². The summed E-state index contributed by atoms with van der Waals surface area (Å²) in [5, 5.41) is 2.94. The van der Waals surface area contributed by atoms with Crippen LogP contribution in [0.3, 0.4) is 0 Å². The third kappa shape index (κ3) is 3.95. The first kappa shape index (κ1) is 18.5. The molecule has 2 aromatic carbocycles. The van der Waals surface area contributed by atoms with Crippen molar-refractivity contribution in [3.8, 4) is 11.5 Å². The van der Waals surface area contributed by atoms with Crippen molar-refractivity contribution in [3.05, 3.63) is 66.5 Å². The van der Waals surface area contributed by atoms with E-state index in [4.69, 9.17) is 9.47 Å². The summed E-state index contributed by atoms with van der Waals surface area (Å²) in [7, 11) is 3.11. The molecule has 1 aromatic heterocycles. The fourth-order valence-corrected chi connectivity index (χ4v) is 3.02. The van der Waals surface area contributed by atoms with Gasteiger partial charge in [0.2, 0.25) is 0 Å². The molecule has 27 heavy (non-hydrogen) atoms. The first-order chi connectivity index (χ1) is 13.2. The molecule has 0 saturated carbocycles. The maximum absolute atomic E-state index is 12.4. The number of hydrogen-bond acceptors (Lipinski definition) is 4. The minimum absolute atomic E-state index is 0.165. The van der Waals surface area contributed by atoms with Crippen LogP contribution in [0.15, 0.2) is 55.1 Å². The number of carbonyl (C=O) groups is 1. The summed E-state index contributed by atoms with van der Waals surface area (Å²) in [6.45, 7) is 4.98. The van der Waals surface area contributed by atoms with Crippen LogP contribution < -0.4 is 14.8 Å². The van der Waals surface area contributed by atoms with Gasteiger partial charge in [-0.05, 0) is 30.3 Å². The fraction of sp³-hybridized carbons (Fsp3) is 0.238.